The fourth-order valence-corrected chi connectivity index (χ4v) is 2.18. The minimum absolute atomic E-state index is 0.213. The lowest BCUT2D eigenvalue weighted by molar-refractivity contribution is 0.102. The van der Waals surface area contributed by atoms with Crippen LogP contribution in [-0.2, 0) is 0 Å². The van der Waals surface area contributed by atoms with Gasteiger partial charge in [0.25, 0.3) is 5.91 Å². The molecule has 1 aromatic heterocycles. The van der Waals surface area contributed by atoms with E-state index < -0.39 is 0 Å². The number of nitrogens with one attached hydrogen (secondary N) is 2. The molecule has 2 aromatic rings. The molecular formula is C14H13BrClN3O. The van der Waals surface area contributed by atoms with Gasteiger partial charge in [0.1, 0.15) is 5.82 Å². The first-order valence-electron chi connectivity index (χ1n) is 6.07. The zero-order valence-corrected chi connectivity index (χ0v) is 13.1. The molecule has 0 bridgehead atoms. The number of anilines is 2. The Kier molecular flexibility index (Phi) is 4.98. The Bertz CT molecular complexity index is 634. The molecule has 4 nitrogen and oxygen atoms in total. The average molecular weight is 355 g/mol. The lowest BCUT2D eigenvalue weighted by Crippen LogP contribution is -2.13. The number of nitrogens with zero attached hydrogens (tertiary/aromatic N) is 1. The minimum Gasteiger partial charge on any atom is -0.370 e. The summed E-state index contributed by atoms with van der Waals surface area (Å²) in [5.41, 5.74) is 1.16. The van der Waals surface area contributed by atoms with Crippen molar-refractivity contribution in [2.45, 2.75) is 6.92 Å². The Morgan fingerprint density at radius 2 is 2.20 bits per heavy atom. The summed E-state index contributed by atoms with van der Waals surface area (Å²) in [5.74, 6) is 0.458. The molecule has 1 aromatic carbocycles. The van der Waals surface area contributed by atoms with E-state index in [1.165, 1.54) is 0 Å². The van der Waals surface area contributed by atoms with E-state index in [2.05, 4.69) is 31.5 Å². The fourth-order valence-electron chi connectivity index (χ4n) is 1.64. The van der Waals surface area contributed by atoms with Crippen LogP contribution in [0.2, 0.25) is 5.02 Å². The number of benzene rings is 1. The molecule has 0 aliphatic rings. The minimum atomic E-state index is -0.213. The lowest BCUT2D eigenvalue weighted by atomic mass is 10.2. The molecule has 1 amide bonds. The quantitative estimate of drug-likeness (QED) is 0.866. The SMILES string of the molecule is CCNc1cc(C(=O)Nc2cccc(Cl)c2Br)ccn1. The number of carbonyl (C=O) groups is 1. The maximum absolute atomic E-state index is 12.2. The summed E-state index contributed by atoms with van der Waals surface area (Å²) in [7, 11) is 0. The van der Waals surface area contributed by atoms with Crippen molar-refractivity contribution in [3.05, 3.63) is 51.6 Å². The van der Waals surface area contributed by atoms with Gasteiger partial charge < -0.3 is 10.6 Å². The van der Waals surface area contributed by atoms with Crippen molar-refractivity contribution < 1.29 is 4.79 Å². The molecule has 0 saturated carbocycles. The number of pyridine rings is 1. The van der Waals surface area contributed by atoms with Crippen molar-refractivity contribution in [3.63, 3.8) is 0 Å². The van der Waals surface area contributed by atoms with Gasteiger partial charge in [-0.3, -0.25) is 4.79 Å². The second-order valence-corrected chi connectivity index (χ2v) is 5.22. The van der Waals surface area contributed by atoms with Crippen LogP contribution < -0.4 is 10.6 Å². The number of hydrogen-bond donors (Lipinski definition) is 2. The van der Waals surface area contributed by atoms with E-state index >= 15 is 0 Å². The van der Waals surface area contributed by atoms with Crippen molar-refractivity contribution >= 4 is 44.9 Å². The first-order chi connectivity index (χ1) is 9.61. The molecular weight excluding hydrogens is 342 g/mol. The molecule has 0 fully saturated rings. The Hall–Kier alpha value is -1.59. The monoisotopic (exact) mass is 353 g/mol. The molecule has 6 heteroatoms. The Morgan fingerprint density at radius 3 is 2.95 bits per heavy atom. The van der Waals surface area contributed by atoms with E-state index in [1.54, 1.807) is 36.5 Å². The third-order valence-electron chi connectivity index (χ3n) is 2.58. The first kappa shape index (κ1) is 14.8. The van der Waals surface area contributed by atoms with E-state index in [-0.39, 0.29) is 5.91 Å². The fraction of sp³-hybridized carbons (Fsp3) is 0.143. The summed E-state index contributed by atoms with van der Waals surface area (Å²) >= 11 is 9.34. The van der Waals surface area contributed by atoms with Crippen LogP contribution in [-0.4, -0.2) is 17.4 Å². The zero-order chi connectivity index (χ0) is 14.5. The number of rotatable bonds is 4. The van der Waals surface area contributed by atoms with Gasteiger partial charge in [-0.25, -0.2) is 4.98 Å². The molecule has 2 N–H and O–H groups in total. The smallest absolute Gasteiger partial charge is 0.255 e. The topological polar surface area (TPSA) is 54.0 Å². The Labute approximate surface area is 130 Å². The van der Waals surface area contributed by atoms with Crippen LogP contribution in [0.5, 0.6) is 0 Å². The molecule has 0 spiro atoms. The van der Waals surface area contributed by atoms with Crippen LogP contribution >= 0.6 is 27.5 Å². The van der Waals surface area contributed by atoms with Crippen LogP contribution in [0.4, 0.5) is 11.5 Å². The van der Waals surface area contributed by atoms with Gasteiger partial charge in [0, 0.05) is 18.3 Å². The largest absolute Gasteiger partial charge is 0.370 e. The number of halogens is 2. The average Bonchev–Trinajstić information content (AvgIpc) is 2.44. The van der Waals surface area contributed by atoms with Gasteiger partial charge >= 0.3 is 0 Å². The third-order valence-corrected chi connectivity index (χ3v) is 3.98. The van der Waals surface area contributed by atoms with Crippen LogP contribution in [0.15, 0.2) is 41.0 Å². The van der Waals surface area contributed by atoms with E-state index in [4.69, 9.17) is 11.6 Å². The van der Waals surface area contributed by atoms with Crippen molar-refractivity contribution in [1.82, 2.24) is 4.98 Å². The van der Waals surface area contributed by atoms with Crippen molar-refractivity contribution in [3.8, 4) is 0 Å². The molecule has 0 radical (unpaired) electrons. The molecule has 0 unspecified atom stereocenters. The first-order valence-corrected chi connectivity index (χ1v) is 7.24. The van der Waals surface area contributed by atoms with Gasteiger partial charge in [-0.15, -0.1) is 0 Å². The molecule has 1 heterocycles. The van der Waals surface area contributed by atoms with Crippen LogP contribution in [0.25, 0.3) is 0 Å². The number of hydrogen-bond acceptors (Lipinski definition) is 3. The third kappa shape index (κ3) is 3.49. The molecule has 0 aliphatic heterocycles. The number of aromatic nitrogens is 1. The summed E-state index contributed by atoms with van der Waals surface area (Å²) in [6, 6.07) is 8.67. The van der Waals surface area contributed by atoms with Crippen molar-refractivity contribution in [1.29, 1.82) is 0 Å². The predicted octanol–water partition coefficient (Wildman–Crippen LogP) is 4.18. The van der Waals surface area contributed by atoms with Crippen LogP contribution in [0.1, 0.15) is 17.3 Å². The summed E-state index contributed by atoms with van der Waals surface area (Å²) in [4.78, 5) is 16.3. The Balaban J connectivity index is 2.19. The van der Waals surface area contributed by atoms with Crippen LogP contribution in [0.3, 0.4) is 0 Å². The Morgan fingerprint density at radius 1 is 1.40 bits per heavy atom. The number of carbonyl (C=O) groups excluding carboxylic acids is 1. The standard InChI is InChI=1S/C14H13BrClN3O/c1-2-17-12-8-9(6-7-18-12)14(20)19-11-5-3-4-10(16)13(11)15/h3-8H,2H2,1H3,(H,17,18)(H,19,20). The van der Waals surface area contributed by atoms with E-state index in [1.807, 2.05) is 6.92 Å². The molecule has 2 rings (SSSR count). The van der Waals surface area contributed by atoms with Crippen LogP contribution in [0, 0.1) is 0 Å². The second-order valence-electron chi connectivity index (χ2n) is 4.02. The zero-order valence-electron chi connectivity index (χ0n) is 10.8. The highest BCUT2D eigenvalue weighted by molar-refractivity contribution is 9.10. The van der Waals surface area contributed by atoms with Crippen molar-refractivity contribution in [2.24, 2.45) is 0 Å². The van der Waals surface area contributed by atoms with E-state index in [0.29, 0.717) is 26.6 Å². The van der Waals surface area contributed by atoms with Gasteiger partial charge in [0.2, 0.25) is 0 Å². The highest BCUT2D eigenvalue weighted by atomic mass is 79.9. The van der Waals surface area contributed by atoms with E-state index in [0.717, 1.165) is 6.54 Å². The summed E-state index contributed by atoms with van der Waals surface area (Å²) in [5, 5.41) is 6.42. The summed E-state index contributed by atoms with van der Waals surface area (Å²) in [6.45, 7) is 2.72. The molecule has 0 aliphatic carbocycles. The maximum atomic E-state index is 12.2. The highest BCUT2D eigenvalue weighted by Crippen LogP contribution is 2.30. The molecule has 0 atom stereocenters. The highest BCUT2D eigenvalue weighted by Gasteiger charge is 2.10. The van der Waals surface area contributed by atoms with E-state index in [9.17, 15) is 4.79 Å². The second kappa shape index (κ2) is 6.72. The molecule has 104 valence electrons. The normalized spacial score (nSPS) is 10.2. The maximum Gasteiger partial charge on any atom is 0.255 e. The van der Waals surface area contributed by atoms with Gasteiger partial charge in [0.15, 0.2) is 0 Å². The lowest BCUT2D eigenvalue weighted by Gasteiger charge is -2.09. The van der Waals surface area contributed by atoms with Gasteiger partial charge in [-0.05, 0) is 47.1 Å². The van der Waals surface area contributed by atoms with Gasteiger partial charge in [0.05, 0.1) is 15.2 Å². The number of amides is 1. The van der Waals surface area contributed by atoms with Gasteiger partial charge in [-0.2, -0.15) is 0 Å². The van der Waals surface area contributed by atoms with Crippen molar-refractivity contribution in [2.75, 3.05) is 17.2 Å². The predicted molar refractivity (Wildman–Crippen MR) is 85.5 cm³/mol. The van der Waals surface area contributed by atoms with Gasteiger partial charge in [-0.1, -0.05) is 17.7 Å². The summed E-state index contributed by atoms with van der Waals surface area (Å²) in [6.07, 6.45) is 1.60. The summed E-state index contributed by atoms with van der Waals surface area (Å²) < 4.78 is 0.663. The molecule has 0 saturated heterocycles. The molecule has 20 heavy (non-hydrogen) atoms.